The largest absolute Gasteiger partial charge is 0.378 e. The van der Waals surface area contributed by atoms with Crippen LogP contribution in [-0.4, -0.2) is 16.9 Å². The third-order valence-electron chi connectivity index (χ3n) is 2.42. The van der Waals surface area contributed by atoms with Gasteiger partial charge in [-0.3, -0.25) is 9.89 Å². The van der Waals surface area contributed by atoms with Crippen LogP contribution < -0.4 is 5.56 Å². The van der Waals surface area contributed by atoms with E-state index in [1.807, 2.05) is 0 Å². The Balaban J connectivity index is 2.60. The van der Waals surface area contributed by atoms with Gasteiger partial charge in [-0.1, -0.05) is 0 Å². The number of H-pyrrole nitrogens is 1. The highest BCUT2D eigenvalue weighted by molar-refractivity contribution is 9.10. The Kier molecular flexibility index (Phi) is 3.81. The molecular weight excluding hydrogens is 329 g/mol. The zero-order valence-corrected chi connectivity index (χ0v) is 11.2. The molecule has 1 aromatic carbocycles. The zero-order valence-electron chi connectivity index (χ0n) is 9.64. The summed E-state index contributed by atoms with van der Waals surface area (Å²) >= 11 is 3.04. The van der Waals surface area contributed by atoms with Gasteiger partial charge in [0.25, 0.3) is 5.56 Å². The maximum atomic E-state index is 13.1. The van der Waals surface area contributed by atoms with Crippen molar-refractivity contribution in [2.45, 2.75) is 6.61 Å². The molecule has 2 aromatic rings. The molecule has 1 heterocycles. The lowest BCUT2D eigenvalue weighted by atomic mass is 10.3. The summed E-state index contributed by atoms with van der Waals surface area (Å²) in [6.07, 6.45) is 0. The van der Waals surface area contributed by atoms with Crippen molar-refractivity contribution >= 4 is 15.9 Å². The average molecular weight is 337 g/mol. The Bertz CT molecular complexity index is 658. The van der Waals surface area contributed by atoms with E-state index in [1.165, 1.54) is 7.11 Å². The summed E-state index contributed by atoms with van der Waals surface area (Å²) in [4.78, 5) is 11.9. The van der Waals surface area contributed by atoms with Crippen LogP contribution >= 0.6 is 15.9 Å². The average Bonchev–Trinajstić information content (AvgIpc) is 2.64. The number of rotatable bonds is 3. The van der Waals surface area contributed by atoms with Crippen LogP contribution in [0.25, 0.3) is 5.69 Å². The molecule has 0 aliphatic carbocycles. The third-order valence-corrected chi connectivity index (χ3v) is 3.24. The summed E-state index contributed by atoms with van der Waals surface area (Å²) in [5.41, 5.74) is -0.306. The highest BCUT2D eigenvalue weighted by Gasteiger charge is 2.16. The van der Waals surface area contributed by atoms with Gasteiger partial charge in [-0.25, -0.2) is 17.9 Å². The van der Waals surface area contributed by atoms with Crippen molar-refractivity contribution in [3.63, 3.8) is 0 Å². The van der Waals surface area contributed by atoms with Crippen LogP contribution in [0.2, 0.25) is 0 Å². The van der Waals surface area contributed by atoms with Gasteiger partial charge in [0.2, 0.25) is 0 Å². The summed E-state index contributed by atoms with van der Waals surface area (Å²) < 4.78 is 45.1. The van der Waals surface area contributed by atoms with Gasteiger partial charge in [0.15, 0.2) is 17.5 Å². The fourth-order valence-corrected chi connectivity index (χ4v) is 1.94. The second-order valence-corrected chi connectivity index (χ2v) is 4.49. The lowest BCUT2D eigenvalue weighted by Crippen LogP contribution is -2.15. The molecule has 2 rings (SSSR count). The molecule has 19 heavy (non-hydrogen) atoms. The van der Waals surface area contributed by atoms with Gasteiger partial charge in [-0.2, -0.15) is 0 Å². The van der Waals surface area contributed by atoms with E-state index < -0.39 is 23.0 Å². The molecule has 0 fully saturated rings. The van der Waals surface area contributed by atoms with Crippen molar-refractivity contribution in [3.8, 4) is 5.69 Å². The number of methoxy groups -OCH3 is 1. The summed E-state index contributed by atoms with van der Waals surface area (Å²) in [7, 11) is 1.43. The number of hydrogen-bond donors (Lipinski definition) is 1. The first-order chi connectivity index (χ1) is 8.95. The predicted octanol–water partition coefficient (Wildman–Crippen LogP) is 2.49. The van der Waals surface area contributed by atoms with Gasteiger partial charge in [-0.05, 0) is 15.9 Å². The fraction of sp³-hybridized carbons (Fsp3) is 0.182. The van der Waals surface area contributed by atoms with E-state index in [-0.39, 0.29) is 16.8 Å². The van der Waals surface area contributed by atoms with Gasteiger partial charge >= 0.3 is 0 Å². The molecule has 1 N–H and O–H groups in total. The molecule has 0 aliphatic heterocycles. The third kappa shape index (κ3) is 2.45. The van der Waals surface area contributed by atoms with Gasteiger partial charge in [0, 0.05) is 19.2 Å². The minimum atomic E-state index is -1.58. The van der Waals surface area contributed by atoms with E-state index in [9.17, 15) is 18.0 Å². The second kappa shape index (κ2) is 5.22. The summed E-state index contributed by atoms with van der Waals surface area (Å²) in [5, 5.41) is 2.62. The van der Waals surface area contributed by atoms with Crippen LogP contribution in [0.4, 0.5) is 13.2 Å². The van der Waals surface area contributed by atoms with Crippen molar-refractivity contribution < 1.29 is 17.9 Å². The van der Waals surface area contributed by atoms with Crippen LogP contribution in [-0.2, 0) is 11.3 Å². The van der Waals surface area contributed by atoms with Crippen molar-refractivity contribution in [3.05, 3.63) is 50.1 Å². The minimum absolute atomic E-state index is 0.106. The topological polar surface area (TPSA) is 47.0 Å². The number of aromatic amines is 1. The van der Waals surface area contributed by atoms with E-state index in [4.69, 9.17) is 4.74 Å². The smallest absolute Gasteiger partial charge is 0.285 e. The number of hydrogen-bond acceptors (Lipinski definition) is 2. The first-order valence-electron chi connectivity index (χ1n) is 5.09. The number of nitrogens with zero attached hydrogens (tertiary/aromatic N) is 1. The normalized spacial score (nSPS) is 11.0. The SMILES string of the molecule is COCc1[nH]n(-c2cc(F)c(F)c(F)c2)c(=O)c1Br. The van der Waals surface area contributed by atoms with Gasteiger partial charge in [-0.15, -0.1) is 0 Å². The molecule has 102 valence electrons. The molecule has 4 nitrogen and oxygen atoms in total. The Morgan fingerprint density at radius 3 is 2.42 bits per heavy atom. The molecule has 0 aliphatic rings. The van der Waals surface area contributed by atoms with E-state index in [1.54, 1.807) is 0 Å². The van der Waals surface area contributed by atoms with Crippen molar-refractivity contribution in [2.24, 2.45) is 0 Å². The predicted molar refractivity (Wildman–Crippen MR) is 64.7 cm³/mol. The first kappa shape index (κ1) is 13.9. The molecule has 0 saturated carbocycles. The lowest BCUT2D eigenvalue weighted by Gasteiger charge is -2.03. The summed E-state index contributed by atoms with van der Waals surface area (Å²) in [6.45, 7) is 0.106. The van der Waals surface area contributed by atoms with Crippen molar-refractivity contribution in [2.75, 3.05) is 7.11 Å². The second-order valence-electron chi connectivity index (χ2n) is 3.70. The van der Waals surface area contributed by atoms with Crippen LogP contribution in [0.3, 0.4) is 0 Å². The maximum Gasteiger partial charge on any atom is 0.285 e. The Labute approximate surface area is 113 Å². The van der Waals surface area contributed by atoms with E-state index >= 15 is 0 Å². The zero-order chi connectivity index (χ0) is 14.2. The van der Waals surface area contributed by atoms with E-state index in [0.29, 0.717) is 5.69 Å². The maximum absolute atomic E-state index is 13.1. The fourth-order valence-electron chi connectivity index (χ4n) is 1.56. The quantitative estimate of drug-likeness (QED) is 0.875. The van der Waals surface area contributed by atoms with Crippen LogP contribution in [0.15, 0.2) is 21.4 Å². The molecule has 0 radical (unpaired) electrons. The molecule has 0 atom stereocenters. The molecule has 0 spiro atoms. The highest BCUT2D eigenvalue weighted by Crippen LogP contribution is 2.18. The Hall–Kier alpha value is -1.54. The van der Waals surface area contributed by atoms with Gasteiger partial charge in [0.05, 0.1) is 18.0 Å². The molecule has 0 saturated heterocycles. The summed E-state index contributed by atoms with van der Waals surface area (Å²) in [6, 6.07) is 1.44. The molecule has 8 heteroatoms. The number of halogens is 4. The van der Waals surface area contributed by atoms with Crippen LogP contribution in [0.5, 0.6) is 0 Å². The summed E-state index contributed by atoms with van der Waals surface area (Å²) in [5.74, 6) is -4.33. The highest BCUT2D eigenvalue weighted by atomic mass is 79.9. The molecule has 1 aromatic heterocycles. The Morgan fingerprint density at radius 2 is 1.89 bits per heavy atom. The number of nitrogens with one attached hydrogen (secondary N) is 1. The van der Waals surface area contributed by atoms with E-state index in [2.05, 4.69) is 21.0 Å². The minimum Gasteiger partial charge on any atom is -0.378 e. The van der Waals surface area contributed by atoms with Crippen LogP contribution in [0, 0.1) is 17.5 Å². The standard InChI is InChI=1S/C11H8BrF3N2O2/c1-19-4-8-9(12)11(18)17(16-8)5-2-6(13)10(15)7(14)3-5/h2-3,16H,4H2,1H3. The molecule has 0 unspecified atom stereocenters. The van der Waals surface area contributed by atoms with E-state index in [0.717, 1.165) is 16.8 Å². The van der Waals surface area contributed by atoms with Crippen molar-refractivity contribution in [1.29, 1.82) is 0 Å². The van der Waals surface area contributed by atoms with Crippen molar-refractivity contribution in [1.82, 2.24) is 9.78 Å². The van der Waals surface area contributed by atoms with Gasteiger partial charge < -0.3 is 4.74 Å². The lowest BCUT2D eigenvalue weighted by molar-refractivity contribution is 0.180. The monoisotopic (exact) mass is 336 g/mol. The first-order valence-corrected chi connectivity index (χ1v) is 5.88. The Morgan fingerprint density at radius 1 is 1.32 bits per heavy atom. The molecule has 0 amide bonds. The van der Waals surface area contributed by atoms with Crippen LogP contribution in [0.1, 0.15) is 5.69 Å². The molecular formula is C11H8BrF3N2O2. The number of benzene rings is 1. The number of aromatic nitrogens is 2. The van der Waals surface area contributed by atoms with Gasteiger partial charge in [0.1, 0.15) is 4.47 Å². The number of ether oxygens (including phenoxy) is 1. The molecule has 0 bridgehead atoms.